The number of nitrogens with one attached hydrogen (secondary N) is 1. The molecule has 0 spiro atoms. The first-order valence-corrected chi connectivity index (χ1v) is 9.32. The molecule has 1 atom stereocenters. The van der Waals surface area contributed by atoms with Gasteiger partial charge in [0, 0.05) is 0 Å². The highest BCUT2D eigenvalue weighted by Gasteiger charge is 2.23. The molecule has 0 aromatic rings. The van der Waals surface area contributed by atoms with Crippen molar-refractivity contribution in [2.24, 2.45) is 0 Å². The Morgan fingerprint density at radius 2 is 1.94 bits per heavy atom. The highest BCUT2D eigenvalue weighted by atomic mass is 127. The Morgan fingerprint density at radius 1 is 1.33 bits per heavy atom. The van der Waals surface area contributed by atoms with Crippen LogP contribution in [0.25, 0.3) is 0 Å². The maximum Gasteiger partial charge on any atom is 0.318 e. The lowest BCUT2D eigenvalue weighted by atomic mass is 10.3. The van der Waals surface area contributed by atoms with E-state index < -0.39 is 9.84 Å². The highest BCUT2D eigenvalue weighted by Crippen LogP contribution is 2.01. The lowest BCUT2D eigenvalue weighted by Crippen LogP contribution is -3.14. The molecule has 0 bridgehead atoms. The van der Waals surface area contributed by atoms with Crippen LogP contribution in [0.15, 0.2) is 0 Å². The van der Waals surface area contributed by atoms with E-state index in [0.29, 0.717) is 31.2 Å². The van der Waals surface area contributed by atoms with Crippen molar-refractivity contribution < 1.29 is 22.8 Å². The predicted molar refractivity (Wildman–Crippen MR) is 77.9 cm³/mol. The molecule has 0 aliphatic carbocycles. The molecule has 1 N–H and O–H groups in total. The number of alkyl halides is 1. The minimum Gasteiger partial charge on any atom is -0.465 e. The fourth-order valence-corrected chi connectivity index (χ4v) is 3.42. The van der Waals surface area contributed by atoms with Gasteiger partial charge in [-0.25, -0.2) is 8.42 Å². The van der Waals surface area contributed by atoms with Crippen molar-refractivity contribution in [1.29, 1.82) is 0 Å². The predicted octanol–water partition coefficient (Wildman–Crippen LogP) is -0.553. The number of carbonyl (C=O) groups excluding carboxylic acids is 1. The molecular formula is C11H21INO4S+. The Labute approximate surface area is 122 Å². The average molecular weight is 390 g/mol. The van der Waals surface area contributed by atoms with Gasteiger partial charge in [0.15, 0.2) is 9.84 Å². The van der Waals surface area contributed by atoms with Crippen LogP contribution in [0, 0.1) is 0 Å². The van der Waals surface area contributed by atoms with Gasteiger partial charge >= 0.3 is 5.97 Å². The van der Waals surface area contributed by atoms with Gasteiger partial charge in [0.05, 0.1) is 37.7 Å². The molecule has 106 valence electrons. The van der Waals surface area contributed by atoms with Crippen molar-refractivity contribution in [3.8, 4) is 0 Å². The van der Waals surface area contributed by atoms with E-state index >= 15 is 0 Å². The second kappa shape index (κ2) is 7.64. The first-order valence-electron chi connectivity index (χ1n) is 6.25. The van der Waals surface area contributed by atoms with Gasteiger partial charge in [0.2, 0.25) is 0 Å². The van der Waals surface area contributed by atoms with Crippen LogP contribution < -0.4 is 4.90 Å². The Bertz CT molecular complexity index is 355. The number of quaternary nitrogens is 1. The Morgan fingerprint density at radius 3 is 2.50 bits per heavy atom. The zero-order chi connectivity index (χ0) is 13.6. The number of hydrogen-bond donors (Lipinski definition) is 1. The van der Waals surface area contributed by atoms with E-state index in [2.05, 4.69) is 0 Å². The third kappa shape index (κ3) is 6.33. The number of carbonyl (C=O) groups is 1. The summed E-state index contributed by atoms with van der Waals surface area (Å²) in [5.74, 6) is 0.458. The number of rotatable bonds is 6. The number of halogens is 1. The molecule has 1 heterocycles. The van der Waals surface area contributed by atoms with Crippen molar-refractivity contribution in [3.05, 3.63) is 0 Å². The largest absolute Gasteiger partial charge is 0.465 e. The monoisotopic (exact) mass is 390 g/mol. The third-order valence-corrected chi connectivity index (χ3v) is 5.19. The molecule has 0 radical (unpaired) electrons. The summed E-state index contributed by atoms with van der Waals surface area (Å²) in [5.41, 5.74) is 0. The molecule has 7 heteroatoms. The van der Waals surface area contributed by atoms with Crippen molar-refractivity contribution in [2.45, 2.75) is 23.7 Å². The van der Waals surface area contributed by atoms with E-state index in [0.717, 1.165) is 19.4 Å². The van der Waals surface area contributed by atoms with E-state index in [1.165, 1.54) is 4.90 Å². The fraction of sp³-hybridized carbons (Fsp3) is 0.909. The number of ether oxygens (including phenoxy) is 1. The topological polar surface area (TPSA) is 64.9 Å². The SMILES string of the molecule is CC(I)C(=O)OCCCC[NH+]1CCS(=O)(=O)CC1. The zero-order valence-electron chi connectivity index (χ0n) is 10.7. The van der Waals surface area contributed by atoms with Crippen LogP contribution in [0.4, 0.5) is 0 Å². The smallest absolute Gasteiger partial charge is 0.318 e. The van der Waals surface area contributed by atoms with Gasteiger partial charge in [-0.2, -0.15) is 0 Å². The maximum atomic E-state index is 11.2. The summed E-state index contributed by atoms with van der Waals surface area (Å²) in [4.78, 5) is 12.5. The minimum absolute atomic E-state index is 0.0967. The zero-order valence-corrected chi connectivity index (χ0v) is 13.6. The molecule has 1 unspecified atom stereocenters. The summed E-state index contributed by atoms with van der Waals surface area (Å²) < 4.78 is 27.5. The normalized spacial score (nSPS) is 21.4. The quantitative estimate of drug-likeness (QED) is 0.286. The summed E-state index contributed by atoms with van der Waals surface area (Å²) in [6.45, 7) is 4.67. The summed E-state index contributed by atoms with van der Waals surface area (Å²) in [6, 6.07) is 0. The maximum absolute atomic E-state index is 11.2. The number of hydrogen-bond acceptors (Lipinski definition) is 4. The molecule has 0 aromatic carbocycles. The van der Waals surface area contributed by atoms with E-state index in [4.69, 9.17) is 4.74 Å². The Balaban J connectivity index is 2.04. The van der Waals surface area contributed by atoms with Crippen molar-refractivity contribution >= 4 is 38.4 Å². The van der Waals surface area contributed by atoms with Gasteiger partial charge in [-0.05, 0) is 19.8 Å². The van der Waals surface area contributed by atoms with Crippen LogP contribution in [-0.2, 0) is 19.4 Å². The molecular weight excluding hydrogens is 369 g/mol. The van der Waals surface area contributed by atoms with E-state index in [1.54, 1.807) is 6.92 Å². The van der Waals surface area contributed by atoms with Crippen molar-refractivity contribution in [3.63, 3.8) is 0 Å². The molecule has 0 aromatic heterocycles. The second-order valence-electron chi connectivity index (χ2n) is 4.64. The number of sulfone groups is 1. The minimum atomic E-state index is -2.76. The molecule has 18 heavy (non-hydrogen) atoms. The first-order chi connectivity index (χ1) is 8.41. The average Bonchev–Trinajstić information content (AvgIpc) is 2.30. The number of esters is 1. The van der Waals surface area contributed by atoms with E-state index in [1.807, 2.05) is 22.6 Å². The van der Waals surface area contributed by atoms with Crippen LogP contribution in [0.5, 0.6) is 0 Å². The fourth-order valence-electron chi connectivity index (χ4n) is 1.84. The molecule has 0 saturated carbocycles. The van der Waals surface area contributed by atoms with Gasteiger partial charge in [0.1, 0.15) is 3.92 Å². The van der Waals surface area contributed by atoms with Crippen LogP contribution in [0.2, 0.25) is 0 Å². The highest BCUT2D eigenvalue weighted by molar-refractivity contribution is 14.1. The standard InChI is InChI=1S/C11H20INO4S/c1-10(12)11(14)17-7-3-2-4-13-5-8-18(15,16)9-6-13/h10H,2-9H2,1H3/p+1. The van der Waals surface area contributed by atoms with Gasteiger partial charge in [-0.3, -0.25) is 4.79 Å². The van der Waals surface area contributed by atoms with Gasteiger partial charge in [0.25, 0.3) is 0 Å². The van der Waals surface area contributed by atoms with Gasteiger partial charge in [-0.15, -0.1) is 0 Å². The number of unbranched alkanes of at least 4 members (excludes halogenated alkanes) is 1. The summed E-state index contributed by atoms with van der Waals surface area (Å²) >= 11 is 2.03. The van der Waals surface area contributed by atoms with Crippen LogP contribution >= 0.6 is 22.6 Å². The van der Waals surface area contributed by atoms with Gasteiger partial charge < -0.3 is 9.64 Å². The molecule has 1 saturated heterocycles. The lowest BCUT2D eigenvalue weighted by molar-refractivity contribution is -0.896. The summed E-state index contributed by atoms with van der Waals surface area (Å²) in [5, 5.41) is 0. The first kappa shape index (κ1) is 16.2. The van der Waals surface area contributed by atoms with E-state index in [-0.39, 0.29) is 9.89 Å². The van der Waals surface area contributed by atoms with Crippen LogP contribution in [-0.4, -0.2) is 56.1 Å². The van der Waals surface area contributed by atoms with E-state index in [9.17, 15) is 13.2 Å². The third-order valence-electron chi connectivity index (χ3n) is 3.03. The Kier molecular flexibility index (Phi) is 6.86. The summed E-state index contributed by atoms with van der Waals surface area (Å²) in [7, 11) is -2.76. The molecule has 5 nitrogen and oxygen atoms in total. The summed E-state index contributed by atoms with van der Waals surface area (Å²) in [6.07, 6.45) is 1.82. The van der Waals surface area contributed by atoms with Crippen molar-refractivity contribution in [2.75, 3.05) is 37.7 Å². The molecule has 1 aliphatic heterocycles. The molecule has 1 aliphatic rings. The van der Waals surface area contributed by atoms with Gasteiger partial charge in [-0.1, -0.05) is 22.6 Å². The van der Waals surface area contributed by atoms with Crippen LogP contribution in [0.3, 0.4) is 0 Å². The lowest BCUT2D eigenvalue weighted by Gasteiger charge is -2.23. The Hall–Kier alpha value is 0.110. The molecule has 1 rings (SSSR count). The van der Waals surface area contributed by atoms with Crippen LogP contribution in [0.1, 0.15) is 19.8 Å². The van der Waals surface area contributed by atoms with Crippen molar-refractivity contribution in [1.82, 2.24) is 0 Å². The molecule has 1 fully saturated rings. The second-order valence-corrected chi connectivity index (χ2v) is 8.81. The molecule has 0 amide bonds.